The van der Waals surface area contributed by atoms with E-state index < -0.39 is 22.0 Å². The van der Waals surface area contributed by atoms with Crippen LogP contribution < -0.4 is 0 Å². The topological polar surface area (TPSA) is 74.7 Å². The van der Waals surface area contributed by atoms with Crippen LogP contribution in [0.25, 0.3) is 0 Å². The van der Waals surface area contributed by atoms with Crippen LogP contribution >= 0.6 is 11.3 Å². The van der Waals surface area contributed by atoms with Crippen molar-refractivity contribution >= 4 is 27.3 Å². The van der Waals surface area contributed by atoms with E-state index in [-0.39, 0.29) is 6.42 Å². The fourth-order valence-electron chi connectivity index (χ4n) is 2.50. The van der Waals surface area contributed by atoms with Crippen molar-refractivity contribution in [3.8, 4) is 0 Å². The lowest BCUT2D eigenvalue weighted by molar-refractivity contribution is -0.138. The van der Waals surface area contributed by atoms with Gasteiger partial charge in [0.05, 0.1) is 6.42 Å². The molecule has 0 aromatic carbocycles. The Balaban J connectivity index is 2.27. The molecule has 1 aliphatic rings. The first-order valence-corrected chi connectivity index (χ1v) is 9.03. The summed E-state index contributed by atoms with van der Waals surface area (Å²) in [5.41, 5.74) is 0. The second kappa shape index (κ2) is 6.24. The molecule has 1 fully saturated rings. The third-order valence-electron chi connectivity index (χ3n) is 3.53. The summed E-state index contributed by atoms with van der Waals surface area (Å²) in [7, 11) is -3.56. The van der Waals surface area contributed by atoms with Crippen molar-refractivity contribution in [1.29, 1.82) is 0 Å². The monoisotopic (exact) mass is 317 g/mol. The average Bonchev–Trinajstić information content (AvgIpc) is 2.88. The molecule has 0 bridgehead atoms. The van der Waals surface area contributed by atoms with E-state index in [0.717, 1.165) is 24.1 Å². The van der Waals surface area contributed by atoms with E-state index >= 15 is 0 Å². The molecule has 0 amide bonds. The number of carboxylic acid groups (broad SMARTS) is 1. The Labute approximate surface area is 123 Å². The van der Waals surface area contributed by atoms with E-state index in [1.165, 1.54) is 15.6 Å². The van der Waals surface area contributed by atoms with Gasteiger partial charge in [0.25, 0.3) is 10.0 Å². The lowest BCUT2D eigenvalue weighted by Gasteiger charge is -2.33. The number of nitrogens with zero attached hydrogens (tertiary/aromatic N) is 1. The zero-order valence-electron chi connectivity index (χ0n) is 11.4. The van der Waals surface area contributed by atoms with E-state index in [0.29, 0.717) is 17.2 Å². The molecule has 1 aromatic heterocycles. The van der Waals surface area contributed by atoms with Crippen molar-refractivity contribution in [2.24, 2.45) is 0 Å². The van der Waals surface area contributed by atoms with E-state index in [1.807, 2.05) is 13.0 Å². The minimum Gasteiger partial charge on any atom is -0.481 e. The molecule has 1 aromatic rings. The molecule has 5 nitrogen and oxygen atoms in total. The number of aliphatic carboxylic acids is 1. The Bertz CT molecular complexity index is 579. The van der Waals surface area contributed by atoms with Gasteiger partial charge in [0.2, 0.25) is 0 Å². The predicted octanol–water partition coefficient (Wildman–Crippen LogP) is 2.33. The van der Waals surface area contributed by atoms with Crippen LogP contribution in [0.5, 0.6) is 0 Å². The summed E-state index contributed by atoms with van der Waals surface area (Å²) in [6.07, 6.45) is 2.98. The molecule has 1 unspecified atom stereocenters. The molecule has 1 aliphatic heterocycles. The summed E-state index contributed by atoms with van der Waals surface area (Å²) in [5, 5.41) is 8.94. The van der Waals surface area contributed by atoms with Crippen molar-refractivity contribution in [1.82, 2.24) is 4.31 Å². The van der Waals surface area contributed by atoms with Gasteiger partial charge in [-0.05, 0) is 31.4 Å². The Morgan fingerprint density at radius 2 is 2.20 bits per heavy atom. The summed E-state index contributed by atoms with van der Waals surface area (Å²) < 4.78 is 27.0. The number of carboxylic acids is 1. The molecule has 2 heterocycles. The smallest absolute Gasteiger partial charge is 0.304 e. The van der Waals surface area contributed by atoms with Crippen LogP contribution in [0.4, 0.5) is 0 Å². The van der Waals surface area contributed by atoms with Gasteiger partial charge in [-0.25, -0.2) is 8.42 Å². The summed E-state index contributed by atoms with van der Waals surface area (Å²) in [6, 6.07) is 3.04. The first kappa shape index (κ1) is 15.5. The van der Waals surface area contributed by atoms with Crippen molar-refractivity contribution in [2.75, 3.05) is 6.54 Å². The molecule has 0 aliphatic carbocycles. The largest absolute Gasteiger partial charge is 0.481 e. The number of carbonyl (C=O) groups is 1. The fraction of sp³-hybridized carbons (Fsp3) is 0.615. The molecular formula is C13H19NO4S2. The first-order chi connectivity index (χ1) is 9.45. The molecule has 1 N–H and O–H groups in total. The van der Waals surface area contributed by atoms with Crippen LogP contribution in [0.1, 0.15) is 37.5 Å². The number of aryl methyl sites for hydroxylation is 1. The Morgan fingerprint density at radius 3 is 2.80 bits per heavy atom. The van der Waals surface area contributed by atoms with E-state index in [9.17, 15) is 13.2 Å². The van der Waals surface area contributed by atoms with Crippen molar-refractivity contribution < 1.29 is 18.3 Å². The zero-order chi connectivity index (χ0) is 14.8. The molecule has 2 rings (SSSR count). The van der Waals surface area contributed by atoms with E-state index in [4.69, 9.17) is 5.11 Å². The summed E-state index contributed by atoms with van der Waals surface area (Å²) in [5.74, 6) is -0.947. The highest BCUT2D eigenvalue weighted by molar-refractivity contribution is 7.91. The molecule has 7 heteroatoms. The Morgan fingerprint density at radius 1 is 1.45 bits per heavy atom. The maximum atomic E-state index is 12.7. The van der Waals surface area contributed by atoms with Gasteiger partial charge in [-0.15, -0.1) is 11.3 Å². The number of piperidine rings is 1. The third kappa shape index (κ3) is 3.21. The van der Waals surface area contributed by atoms with Crippen LogP contribution in [0.3, 0.4) is 0 Å². The molecule has 0 spiro atoms. The van der Waals surface area contributed by atoms with Crippen molar-refractivity contribution in [2.45, 2.75) is 49.3 Å². The molecule has 0 saturated carbocycles. The quantitative estimate of drug-likeness (QED) is 0.904. The normalized spacial score (nSPS) is 20.9. The Kier molecular flexibility index (Phi) is 4.82. The van der Waals surface area contributed by atoms with Crippen LogP contribution in [-0.2, 0) is 21.2 Å². The molecule has 20 heavy (non-hydrogen) atoms. The second-order valence-corrected chi connectivity index (χ2v) is 8.22. The Hall–Kier alpha value is -0.920. The minimum atomic E-state index is -3.56. The highest BCUT2D eigenvalue weighted by Crippen LogP contribution is 2.30. The highest BCUT2D eigenvalue weighted by Gasteiger charge is 2.35. The molecule has 0 radical (unpaired) electrons. The summed E-state index contributed by atoms with van der Waals surface area (Å²) in [6.45, 7) is 2.40. The SMILES string of the molecule is CCc1ccc(S(=O)(=O)N2CCCCC2CC(=O)O)s1. The third-order valence-corrected chi connectivity index (χ3v) is 7.18. The number of thiophene rings is 1. The van der Waals surface area contributed by atoms with E-state index in [1.54, 1.807) is 6.07 Å². The van der Waals surface area contributed by atoms with Gasteiger partial charge < -0.3 is 5.11 Å². The second-order valence-electron chi connectivity index (χ2n) is 4.94. The van der Waals surface area contributed by atoms with Crippen molar-refractivity contribution in [3.63, 3.8) is 0 Å². The number of hydrogen-bond donors (Lipinski definition) is 1. The van der Waals surface area contributed by atoms with Crippen LogP contribution in [0.15, 0.2) is 16.3 Å². The van der Waals surface area contributed by atoms with Crippen molar-refractivity contribution in [3.05, 3.63) is 17.0 Å². The molecule has 1 saturated heterocycles. The van der Waals surface area contributed by atoms with Gasteiger partial charge in [-0.2, -0.15) is 4.31 Å². The van der Waals surface area contributed by atoms with Gasteiger partial charge in [-0.3, -0.25) is 4.79 Å². The van der Waals surface area contributed by atoms with Gasteiger partial charge in [0, 0.05) is 17.5 Å². The number of hydrogen-bond acceptors (Lipinski definition) is 4. The molecular weight excluding hydrogens is 298 g/mol. The lowest BCUT2D eigenvalue weighted by Crippen LogP contribution is -2.44. The number of rotatable bonds is 5. The van der Waals surface area contributed by atoms with Crippen LogP contribution in [0.2, 0.25) is 0 Å². The standard InChI is InChI=1S/C13H19NO4S2/c1-2-11-6-7-13(19-11)20(17,18)14-8-4-3-5-10(14)9-12(15)16/h6-7,10H,2-5,8-9H2,1H3,(H,15,16). The fourth-order valence-corrected chi connectivity index (χ4v) is 5.62. The highest BCUT2D eigenvalue weighted by atomic mass is 32.2. The van der Waals surface area contributed by atoms with Gasteiger partial charge in [0.15, 0.2) is 0 Å². The summed E-state index contributed by atoms with van der Waals surface area (Å²) >= 11 is 1.28. The molecule has 112 valence electrons. The van der Waals surface area contributed by atoms with Gasteiger partial charge in [0.1, 0.15) is 4.21 Å². The maximum Gasteiger partial charge on any atom is 0.304 e. The van der Waals surface area contributed by atoms with Gasteiger partial charge in [-0.1, -0.05) is 13.3 Å². The summed E-state index contributed by atoms with van der Waals surface area (Å²) in [4.78, 5) is 11.9. The zero-order valence-corrected chi connectivity index (χ0v) is 13.0. The minimum absolute atomic E-state index is 0.120. The lowest BCUT2D eigenvalue weighted by atomic mass is 10.0. The van der Waals surface area contributed by atoms with E-state index in [2.05, 4.69) is 0 Å². The molecule has 1 atom stereocenters. The maximum absolute atomic E-state index is 12.7. The average molecular weight is 317 g/mol. The van der Waals surface area contributed by atoms with Crippen LogP contribution in [0, 0.1) is 0 Å². The van der Waals surface area contributed by atoms with Crippen LogP contribution in [-0.4, -0.2) is 36.4 Å². The number of sulfonamides is 1. The predicted molar refractivity (Wildman–Crippen MR) is 77.5 cm³/mol. The first-order valence-electron chi connectivity index (χ1n) is 6.77. The van der Waals surface area contributed by atoms with Gasteiger partial charge >= 0.3 is 5.97 Å².